The van der Waals surface area contributed by atoms with Gasteiger partial charge in [-0.05, 0) is 26.7 Å². The van der Waals surface area contributed by atoms with Crippen molar-refractivity contribution in [2.24, 2.45) is 5.73 Å². The molecule has 2 nitrogen and oxygen atoms in total. The summed E-state index contributed by atoms with van der Waals surface area (Å²) in [7, 11) is 0. The summed E-state index contributed by atoms with van der Waals surface area (Å²) >= 11 is 4.93. The minimum absolute atomic E-state index is 0.0312. The Kier molecular flexibility index (Phi) is 1.97. The first-order chi connectivity index (χ1) is 4.57. The van der Waals surface area contributed by atoms with Crippen LogP contribution in [0, 0.1) is 0 Å². The average molecular weight is 158 g/mol. The predicted octanol–water partition coefficient (Wildman–Crippen LogP) is 0.803. The second-order valence-corrected chi connectivity index (χ2v) is 3.69. The quantitative estimate of drug-likeness (QED) is 0.597. The summed E-state index contributed by atoms with van der Waals surface area (Å²) < 4.78 is 0. The predicted molar refractivity (Wildman–Crippen MR) is 47.0 cm³/mol. The van der Waals surface area contributed by atoms with Crippen LogP contribution in [0.15, 0.2) is 0 Å². The molecule has 0 aromatic rings. The van der Waals surface area contributed by atoms with Gasteiger partial charge in [-0.1, -0.05) is 12.2 Å². The lowest BCUT2D eigenvalue weighted by Crippen LogP contribution is -2.45. The highest BCUT2D eigenvalue weighted by molar-refractivity contribution is 7.80. The highest BCUT2D eigenvalue weighted by Crippen LogP contribution is 2.35. The van der Waals surface area contributed by atoms with Crippen molar-refractivity contribution in [2.75, 3.05) is 0 Å². The van der Waals surface area contributed by atoms with Crippen molar-refractivity contribution in [3.05, 3.63) is 0 Å². The van der Waals surface area contributed by atoms with E-state index in [9.17, 15) is 0 Å². The van der Waals surface area contributed by atoms with Crippen molar-refractivity contribution in [3.63, 3.8) is 0 Å². The fourth-order valence-electron chi connectivity index (χ4n) is 1.14. The van der Waals surface area contributed by atoms with Crippen LogP contribution >= 0.6 is 12.2 Å². The van der Waals surface area contributed by atoms with E-state index in [4.69, 9.17) is 18.0 Å². The first kappa shape index (κ1) is 7.95. The monoisotopic (exact) mass is 158 g/mol. The summed E-state index contributed by atoms with van der Waals surface area (Å²) in [5.41, 5.74) is 5.58. The summed E-state index contributed by atoms with van der Waals surface area (Å²) in [4.78, 5) is 0.626. The summed E-state index contributed by atoms with van der Waals surface area (Å²) in [6.07, 6.45) is 2.22. The molecule has 0 atom stereocenters. The zero-order valence-electron chi connectivity index (χ0n) is 6.48. The Morgan fingerprint density at radius 1 is 1.60 bits per heavy atom. The van der Waals surface area contributed by atoms with Gasteiger partial charge in [-0.15, -0.1) is 0 Å². The molecule has 1 aliphatic carbocycles. The van der Waals surface area contributed by atoms with E-state index < -0.39 is 0 Å². The van der Waals surface area contributed by atoms with Crippen LogP contribution in [0.2, 0.25) is 0 Å². The molecule has 3 heteroatoms. The molecule has 0 heterocycles. The van der Waals surface area contributed by atoms with Crippen LogP contribution in [0.5, 0.6) is 0 Å². The molecule has 1 fully saturated rings. The van der Waals surface area contributed by atoms with Gasteiger partial charge in [0.05, 0.1) is 10.5 Å². The highest BCUT2D eigenvalue weighted by Gasteiger charge is 2.45. The summed E-state index contributed by atoms with van der Waals surface area (Å²) in [6, 6.07) is 0.476. The third kappa shape index (κ3) is 1.47. The van der Waals surface area contributed by atoms with E-state index in [0.717, 1.165) is 12.8 Å². The standard InChI is InChI=1S/C7H14N2S/c1-5(2)9-7(3-4-7)6(8)10/h5,9H,3-4H2,1-2H3,(H2,8,10). The van der Waals surface area contributed by atoms with E-state index in [-0.39, 0.29) is 5.54 Å². The number of nitrogens with one attached hydrogen (secondary N) is 1. The van der Waals surface area contributed by atoms with Gasteiger partial charge in [0, 0.05) is 6.04 Å². The van der Waals surface area contributed by atoms with Crippen LogP contribution in [-0.2, 0) is 0 Å². The van der Waals surface area contributed by atoms with Gasteiger partial charge in [0.1, 0.15) is 0 Å². The molecule has 58 valence electrons. The van der Waals surface area contributed by atoms with Gasteiger partial charge < -0.3 is 11.1 Å². The molecule has 0 amide bonds. The van der Waals surface area contributed by atoms with Crippen LogP contribution in [0.25, 0.3) is 0 Å². The Bertz CT molecular complexity index is 150. The van der Waals surface area contributed by atoms with E-state index in [1.807, 2.05) is 0 Å². The largest absolute Gasteiger partial charge is 0.392 e. The Morgan fingerprint density at radius 3 is 2.20 bits per heavy atom. The Labute approximate surface area is 67.2 Å². The second kappa shape index (κ2) is 2.47. The molecule has 10 heavy (non-hydrogen) atoms. The van der Waals surface area contributed by atoms with Gasteiger partial charge in [-0.25, -0.2) is 0 Å². The Hall–Kier alpha value is -0.150. The smallest absolute Gasteiger partial charge is 0.0931 e. The van der Waals surface area contributed by atoms with Gasteiger partial charge in [0.2, 0.25) is 0 Å². The summed E-state index contributed by atoms with van der Waals surface area (Å²) in [5.74, 6) is 0. The van der Waals surface area contributed by atoms with E-state index in [2.05, 4.69) is 19.2 Å². The van der Waals surface area contributed by atoms with Crippen LogP contribution in [0.1, 0.15) is 26.7 Å². The molecule has 1 saturated carbocycles. The van der Waals surface area contributed by atoms with Crippen molar-refractivity contribution >= 4 is 17.2 Å². The van der Waals surface area contributed by atoms with E-state index in [1.165, 1.54) is 0 Å². The van der Waals surface area contributed by atoms with Gasteiger partial charge in [0.15, 0.2) is 0 Å². The molecular formula is C7H14N2S. The van der Waals surface area contributed by atoms with Gasteiger partial charge in [-0.3, -0.25) is 0 Å². The van der Waals surface area contributed by atoms with Crippen molar-refractivity contribution in [2.45, 2.75) is 38.3 Å². The molecular weight excluding hydrogens is 144 g/mol. The van der Waals surface area contributed by atoms with E-state index >= 15 is 0 Å². The maximum atomic E-state index is 5.55. The molecule has 0 radical (unpaired) electrons. The minimum atomic E-state index is 0.0312. The average Bonchev–Trinajstić information content (AvgIpc) is 2.46. The molecule has 1 rings (SSSR count). The number of nitrogens with two attached hydrogens (primary N) is 1. The molecule has 0 saturated heterocycles. The summed E-state index contributed by atoms with van der Waals surface area (Å²) in [5, 5.41) is 3.36. The molecule has 3 N–H and O–H groups in total. The lowest BCUT2D eigenvalue weighted by atomic mass is 10.2. The summed E-state index contributed by atoms with van der Waals surface area (Å²) in [6.45, 7) is 4.22. The van der Waals surface area contributed by atoms with Gasteiger partial charge >= 0.3 is 0 Å². The SMILES string of the molecule is CC(C)NC1(C(N)=S)CC1. The topological polar surface area (TPSA) is 38.0 Å². The Balaban J connectivity index is 2.45. The Morgan fingerprint density at radius 2 is 2.10 bits per heavy atom. The third-order valence-electron chi connectivity index (χ3n) is 1.79. The maximum absolute atomic E-state index is 5.55. The van der Waals surface area contributed by atoms with Crippen LogP contribution in [-0.4, -0.2) is 16.6 Å². The van der Waals surface area contributed by atoms with Crippen molar-refractivity contribution in [1.82, 2.24) is 5.32 Å². The zero-order valence-corrected chi connectivity index (χ0v) is 7.29. The van der Waals surface area contributed by atoms with Crippen LogP contribution in [0.4, 0.5) is 0 Å². The highest BCUT2D eigenvalue weighted by atomic mass is 32.1. The molecule has 0 aliphatic heterocycles. The number of hydrogen-bond donors (Lipinski definition) is 2. The molecule has 1 aliphatic rings. The molecule has 0 bridgehead atoms. The van der Waals surface area contributed by atoms with Crippen molar-refractivity contribution in [3.8, 4) is 0 Å². The minimum Gasteiger partial charge on any atom is -0.392 e. The fourth-order valence-corrected chi connectivity index (χ4v) is 1.40. The van der Waals surface area contributed by atoms with Gasteiger partial charge in [0.25, 0.3) is 0 Å². The zero-order chi connectivity index (χ0) is 7.78. The number of rotatable bonds is 3. The number of thiocarbonyl (C=S) groups is 1. The molecule has 0 aromatic heterocycles. The normalized spacial score (nSPS) is 21.1. The lowest BCUT2D eigenvalue weighted by molar-refractivity contribution is 0.535. The molecule has 0 unspecified atom stereocenters. The van der Waals surface area contributed by atoms with Crippen molar-refractivity contribution in [1.29, 1.82) is 0 Å². The van der Waals surface area contributed by atoms with Gasteiger partial charge in [-0.2, -0.15) is 0 Å². The van der Waals surface area contributed by atoms with Crippen LogP contribution in [0.3, 0.4) is 0 Å². The van der Waals surface area contributed by atoms with Crippen molar-refractivity contribution < 1.29 is 0 Å². The number of hydrogen-bond acceptors (Lipinski definition) is 2. The lowest BCUT2D eigenvalue weighted by Gasteiger charge is -2.18. The van der Waals surface area contributed by atoms with E-state index in [1.54, 1.807) is 0 Å². The first-order valence-electron chi connectivity index (χ1n) is 3.64. The fraction of sp³-hybridized carbons (Fsp3) is 0.857. The third-order valence-corrected chi connectivity index (χ3v) is 2.18. The maximum Gasteiger partial charge on any atom is 0.0931 e. The first-order valence-corrected chi connectivity index (χ1v) is 4.05. The molecule has 0 aromatic carbocycles. The second-order valence-electron chi connectivity index (χ2n) is 3.25. The molecule has 0 spiro atoms. The van der Waals surface area contributed by atoms with E-state index in [0.29, 0.717) is 11.0 Å². The van der Waals surface area contributed by atoms with Crippen LogP contribution < -0.4 is 11.1 Å².